The Labute approximate surface area is 131 Å². The van der Waals surface area contributed by atoms with Gasteiger partial charge in [-0.2, -0.15) is 0 Å². The van der Waals surface area contributed by atoms with E-state index in [2.05, 4.69) is 14.9 Å². The molecule has 1 aliphatic heterocycles. The maximum absolute atomic E-state index is 11.8. The molecule has 0 amide bonds. The number of rotatable bonds is 7. The van der Waals surface area contributed by atoms with Crippen molar-refractivity contribution < 1.29 is 14.6 Å². The number of methoxy groups -OCH3 is 1. The lowest BCUT2D eigenvalue weighted by Gasteiger charge is -2.40. The average Bonchev–Trinajstić information content (AvgIpc) is 2.50. The van der Waals surface area contributed by atoms with E-state index in [0.29, 0.717) is 26.1 Å². The van der Waals surface area contributed by atoms with Crippen LogP contribution in [-0.2, 0) is 16.1 Å². The number of aryl methyl sites for hydroxylation is 1. The Bertz CT molecular complexity index is 509. The van der Waals surface area contributed by atoms with Gasteiger partial charge in [-0.05, 0) is 39.2 Å². The van der Waals surface area contributed by atoms with Crippen LogP contribution >= 0.6 is 0 Å². The van der Waals surface area contributed by atoms with Crippen molar-refractivity contribution in [2.24, 2.45) is 5.41 Å². The first-order valence-corrected chi connectivity index (χ1v) is 7.78. The normalized spacial score (nSPS) is 22.6. The molecule has 1 fully saturated rings. The van der Waals surface area contributed by atoms with Crippen LogP contribution in [0, 0.1) is 12.3 Å². The molecule has 0 bridgehead atoms. The third kappa shape index (κ3) is 4.01. The highest BCUT2D eigenvalue weighted by atomic mass is 16.5. The fourth-order valence-electron chi connectivity index (χ4n) is 3.21. The van der Waals surface area contributed by atoms with E-state index < -0.39 is 11.4 Å². The number of carboxylic acid groups (broad SMARTS) is 1. The number of carboxylic acids is 1. The molecule has 2 rings (SSSR count). The van der Waals surface area contributed by atoms with Crippen molar-refractivity contribution >= 4 is 5.97 Å². The Hall–Kier alpha value is -1.53. The van der Waals surface area contributed by atoms with Gasteiger partial charge in [-0.15, -0.1) is 0 Å². The van der Waals surface area contributed by atoms with E-state index >= 15 is 0 Å². The molecular weight excluding hydrogens is 282 g/mol. The second kappa shape index (κ2) is 7.65. The third-order valence-corrected chi connectivity index (χ3v) is 4.47. The number of carbonyl (C=O) groups is 1. The van der Waals surface area contributed by atoms with Crippen LogP contribution in [0.15, 0.2) is 12.4 Å². The van der Waals surface area contributed by atoms with Gasteiger partial charge in [0.15, 0.2) is 0 Å². The summed E-state index contributed by atoms with van der Waals surface area (Å²) in [5.41, 5.74) is 1.18. The molecule has 0 saturated carbocycles. The van der Waals surface area contributed by atoms with Crippen LogP contribution in [0.3, 0.4) is 0 Å². The minimum absolute atomic E-state index is 0.571. The molecule has 6 nitrogen and oxygen atoms in total. The summed E-state index contributed by atoms with van der Waals surface area (Å²) < 4.78 is 5.07. The van der Waals surface area contributed by atoms with Gasteiger partial charge in [-0.1, -0.05) is 0 Å². The van der Waals surface area contributed by atoms with Crippen molar-refractivity contribution in [1.82, 2.24) is 14.9 Å². The van der Waals surface area contributed by atoms with E-state index in [0.717, 1.165) is 37.2 Å². The molecule has 1 atom stereocenters. The molecule has 1 unspecified atom stereocenters. The molecule has 6 heteroatoms. The van der Waals surface area contributed by atoms with Gasteiger partial charge >= 0.3 is 5.97 Å². The second-order valence-electron chi connectivity index (χ2n) is 6.08. The van der Waals surface area contributed by atoms with E-state index in [4.69, 9.17) is 4.74 Å². The maximum atomic E-state index is 11.8. The van der Waals surface area contributed by atoms with Gasteiger partial charge in [-0.3, -0.25) is 19.7 Å². The highest BCUT2D eigenvalue weighted by Crippen LogP contribution is 2.35. The van der Waals surface area contributed by atoms with Crippen molar-refractivity contribution in [2.45, 2.75) is 39.2 Å². The van der Waals surface area contributed by atoms with Gasteiger partial charge in [0.05, 0.1) is 16.8 Å². The molecule has 1 aromatic heterocycles. The molecule has 0 aromatic carbocycles. The number of aromatic nitrogens is 2. The van der Waals surface area contributed by atoms with Gasteiger partial charge in [0, 0.05) is 39.2 Å². The second-order valence-corrected chi connectivity index (χ2v) is 6.08. The van der Waals surface area contributed by atoms with Gasteiger partial charge in [0.1, 0.15) is 0 Å². The van der Waals surface area contributed by atoms with Crippen molar-refractivity contribution in [2.75, 3.05) is 26.8 Å². The van der Waals surface area contributed by atoms with Crippen LogP contribution < -0.4 is 0 Å². The quantitative estimate of drug-likeness (QED) is 0.775. The lowest BCUT2D eigenvalue weighted by atomic mass is 9.76. The fraction of sp³-hybridized carbons (Fsp3) is 0.688. The van der Waals surface area contributed by atoms with Crippen molar-refractivity contribution in [3.8, 4) is 0 Å². The van der Waals surface area contributed by atoms with Crippen LogP contribution in [0.2, 0.25) is 0 Å². The van der Waals surface area contributed by atoms with Crippen LogP contribution in [0.25, 0.3) is 0 Å². The summed E-state index contributed by atoms with van der Waals surface area (Å²) in [6.07, 6.45) is 6.45. The Balaban J connectivity index is 2.05. The summed E-state index contributed by atoms with van der Waals surface area (Å²) >= 11 is 0. The lowest BCUT2D eigenvalue weighted by molar-refractivity contribution is -0.153. The Morgan fingerprint density at radius 1 is 1.45 bits per heavy atom. The van der Waals surface area contributed by atoms with Crippen LogP contribution in [0.1, 0.15) is 37.1 Å². The molecule has 1 aliphatic rings. The monoisotopic (exact) mass is 307 g/mol. The van der Waals surface area contributed by atoms with Gasteiger partial charge in [-0.25, -0.2) is 0 Å². The molecule has 22 heavy (non-hydrogen) atoms. The summed E-state index contributed by atoms with van der Waals surface area (Å²) in [5, 5.41) is 9.73. The number of piperidine rings is 1. The first-order chi connectivity index (χ1) is 10.6. The topological polar surface area (TPSA) is 75.6 Å². The number of likely N-dealkylation sites (tertiary alicyclic amines) is 1. The Morgan fingerprint density at radius 2 is 2.23 bits per heavy atom. The van der Waals surface area contributed by atoms with E-state index in [9.17, 15) is 9.90 Å². The largest absolute Gasteiger partial charge is 0.481 e. The lowest BCUT2D eigenvalue weighted by Crippen LogP contribution is -2.47. The SMILES string of the molecule is COCCCC1(C(=O)O)CCCN(Cc2nccnc2C)C1. The highest BCUT2D eigenvalue weighted by molar-refractivity contribution is 5.75. The summed E-state index contributed by atoms with van der Waals surface area (Å²) in [4.78, 5) is 22.7. The van der Waals surface area contributed by atoms with Gasteiger partial charge in [0.25, 0.3) is 0 Å². The summed E-state index contributed by atoms with van der Waals surface area (Å²) in [6.45, 7) is 4.70. The molecule has 1 saturated heterocycles. The number of hydrogen-bond acceptors (Lipinski definition) is 5. The van der Waals surface area contributed by atoms with Gasteiger partial charge < -0.3 is 9.84 Å². The highest BCUT2D eigenvalue weighted by Gasteiger charge is 2.41. The molecule has 122 valence electrons. The molecular formula is C16H25N3O3. The van der Waals surface area contributed by atoms with E-state index in [1.165, 1.54) is 0 Å². The zero-order chi connectivity index (χ0) is 16.0. The molecule has 2 heterocycles. The van der Waals surface area contributed by atoms with Crippen molar-refractivity contribution in [3.05, 3.63) is 23.8 Å². The summed E-state index contributed by atoms with van der Waals surface area (Å²) in [5.74, 6) is -0.691. The Morgan fingerprint density at radius 3 is 2.91 bits per heavy atom. The molecule has 0 spiro atoms. The van der Waals surface area contributed by atoms with Crippen molar-refractivity contribution in [1.29, 1.82) is 0 Å². The third-order valence-electron chi connectivity index (χ3n) is 4.47. The minimum Gasteiger partial charge on any atom is -0.481 e. The predicted molar refractivity (Wildman–Crippen MR) is 82.5 cm³/mol. The molecule has 1 N–H and O–H groups in total. The van der Waals surface area contributed by atoms with Crippen molar-refractivity contribution in [3.63, 3.8) is 0 Å². The standard InChI is InChI=1S/C16H25N3O3/c1-13-14(18-8-7-17-13)11-19-9-3-5-16(12-19,15(20)21)6-4-10-22-2/h7-8H,3-6,9-12H2,1-2H3,(H,20,21). The predicted octanol–water partition coefficient (Wildman–Crippen LogP) is 1.88. The first kappa shape index (κ1) is 16.8. The smallest absolute Gasteiger partial charge is 0.310 e. The fourth-order valence-corrected chi connectivity index (χ4v) is 3.21. The Kier molecular flexibility index (Phi) is 5.85. The van der Waals surface area contributed by atoms with E-state index in [-0.39, 0.29) is 0 Å². The number of nitrogens with zero attached hydrogens (tertiary/aromatic N) is 3. The number of ether oxygens (including phenoxy) is 1. The molecule has 0 aliphatic carbocycles. The number of hydrogen-bond donors (Lipinski definition) is 1. The average molecular weight is 307 g/mol. The molecule has 1 aromatic rings. The van der Waals surface area contributed by atoms with E-state index in [1.54, 1.807) is 19.5 Å². The van der Waals surface area contributed by atoms with Crippen LogP contribution in [0.5, 0.6) is 0 Å². The maximum Gasteiger partial charge on any atom is 0.310 e. The minimum atomic E-state index is -0.691. The first-order valence-electron chi connectivity index (χ1n) is 7.78. The van der Waals surface area contributed by atoms with Crippen LogP contribution in [0.4, 0.5) is 0 Å². The zero-order valence-electron chi connectivity index (χ0n) is 13.4. The van der Waals surface area contributed by atoms with Gasteiger partial charge in [0.2, 0.25) is 0 Å². The summed E-state index contributed by atoms with van der Waals surface area (Å²) in [7, 11) is 1.65. The van der Waals surface area contributed by atoms with E-state index in [1.807, 2.05) is 6.92 Å². The number of aliphatic carboxylic acids is 1. The van der Waals surface area contributed by atoms with Crippen LogP contribution in [-0.4, -0.2) is 52.7 Å². The summed E-state index contributed by atoms with van der Waals surface area (Å²) in [6, 6.07) is 0. The molecule has 0 radical (unpaired) electrons. The zero-order valence-corrected chi connectivity index (χ0v) is 13.4.